The van der Waals surface area contributed by atoms with Crippen molar-refractivity contribution in [2.75, 3.05) is 0 Å². The highest BCUT2D eigenvalue weighted by Gasteiger charge is 2.35. The highest BCUT2D eigenvalue weighted by atomic mass is 19.4. The van der Waals surface area contributed by atoms with E-state index in [0.717, 1.165) is 6.07 Å². The monoisotopic (exact) mass is 264 g/mol. The Bertz CT molecular complexity index is 601. The Kier molecular flexibility index (Phi) is 3.42. The van der Waals surface area contributed by atoms with E-state index in [1.165, 1.54) is 24.3 Å². The number of halogens is 3. The summed E-state index contributed by atoms with van der Waals surface area (Å²) < 4.78 is 38.7. The van der Waals surface area contributed by atoms with Crippen LogP contribution in [0.15, 0.2) is 48.5 Å². The van der Waals surface area contributed by atoms with Crippen molar-refractivity contribution in [2.24, 2.45) is 0 Å². The lowest BCUT2D eigenvalue weighted by Gasteiger charge is -2.12. The fourth-order valence-electron chi connectivity index (χ4n) is 1.84. The normalized spacial score (nSPS) is 11.4. The van der Waals surface area contributed by atoms with Crippen molar-refractivity contribution in [2.45, 2.75) is 13.1 Å². The van der Waals surface area contributed by atoms with Crippen LogP contribution in [0.25, 0.3) is 0 Å². The minimum Gasteiger partial charge on any atom is -0.289 e. The Morgan fingerprint density at radius 1 is 1.00 bits per heavy atom. The number of alkyl halides is 3. The molecule has 0 aromatic heterocycles. The van der Waals surface area contributed by atoms with Crippen LogP contribution in [0.2, 0.25) is 0 Å². The van der Waals surface area contributed by atoms with Crippen molar-refractivity contribution in [3.05, 3.63) is 70.8 Å². The first-order valence-corrected chi connectivity index (χ1v) is 5.67. The van der Waals surface area contributed by atoms with Gasteiger partial charge in [0.05, 0.1) is 5.56 Å². The number of carbonyl (C=O) groups excluding carboxylic acids is 1. The Morgan fingerprint density at radius 2 is 1.63 bits per heavy atom. The van der Waals surface area contributed by atoms with Gasteiger partial charge >= 0.3 is 6.18 Å². The van der Waals surface area contributed by atoms with Gasteiger partial charge in [-0.3, -0.25) is 4.79 Å². The minimum absolute atomic E-state index is 0.249. The molecule has 0 saturated carbocycles. The van der Waals surface area contributed by atoms with E-state index < -0.39 is 17.5 Å². The molecule has 0 aliphatic heterocycles. The van der Waals surface area contributed by atoms with Crippen molar-refractivity contribution < 1.29 is 18.0 Å². The summed E-state index contributed by atoms with van der Waals surface area (Å²) in [4.78, 5) is 12.2. The second-order valence-electron chi connectivity index (χ2n) is 4.24. The fourth-order valence-corrected chi connectivity index (χ4v) is 1.84. The van der Waals surface area contributed by atoms with Crippen LogP contribution < -0.4 is 0 Å². The number of benzene rings is 2. The van der Waals surface area contributed by atoms with Crippen LogP contribution in [-0.2, 0) is 6.18 Å². The maximum absolute atomic E-state index is 12.9. The lowest BCUT2D eigenvalue weighted by atomic mass is 9.96. The Balaban J connectivity index is 2.56. The molecule has 2 rings (SSSR count). The Morgan fingerprint density at radius 3 is 2.21 bits per heavy atom. The summed E-state index contributed by atoms with van der Waals surface area (Å²) in [6.07, 6.45) is -4.53. The molecule has 1 nitrogen and oxygen atoms in total. The molecule has 19 heavy (non-hydrogen) atoms. The number of hydrogen-bond acceptors (Lipinski definition) is 1. The first-order chi connectivity index (χ1) is 8.89. The van der Waals surface area contributed by atoms with E-state index in [9.17, 15) is 18.0 Å². The molecule has 0 amide bonds. The predicted molar refractivity (Wildman–Crippen MR) is 66.1 cm³/mol. The molecule has 0 heterocycles. The van der Waals surface area contributed by atoms with Gasteiger partial charge in [-0.25, -0.2) is 0 Å². The van der Waals surface area contributed by atoms with Crippen LogP contribution in [0.3, 0.4) is 0 Å². The molecule has 0 unspecified atom stereocenters. The number of aryl methyl sites for hydroxylation is 1. The Hall–Kier alpha value is -2.10. The second kappa shape index (κ2) is 4.88. The van der Waals surface area contributed by atoms with E-state index in [2.05, 4.69) is 0 Å². The van der Waals surface area contributed by atoms with E-state index in [0.29, 0.717) is 5.56 Å². The van der Waals surface area contributed by atoms with Crippen molar-refractivity contribution in [1.29, 1.82) is 0 Å². The maximum atomic E-state index is 12.9. The van der Waals surface area contributed by atoms with Crippen molar-refractivity contribution in [3.8, 4) is 0 Å². The van der Waals surface area contributed by atoms with E-state index in [1.54, 1.807) is 25.1 Å². The smallest absolute Gasteiger partial charge is 0.289 e. The lowest BCUT2D eigenvalue weighted by molar-refractivity contribution is -0.137. The van der Waals surface area contributed by atoms with Gasteiger partial charge in [0.1, 0.15) is 0 Å². The third-order valence-electron chi connectivity index (χ3n) is 2.76. The third-order valence-corrected chi connectivity index (χ3v) is 2.76. The molecule has 98 valence electrons. The zero-order valence-corrected chi connectivity index (χ0v) is 10.2. The van der Waals surface area contributed by atoms with Crippen LogP contribution in [0.5, 0.6) is 0 Å². The van der Waals surface area contributed by atoms with E-state index >= 15 is 0 Å². The average Bonchev–Trinajstić information content (AvgIpc) is 2.37. The van der Waals surface area contributed by atoms with Crippen LogP contribution in [0.1, 0.15) is 27.0 Å². The molecule has 0 N–H and O–H groups in total. The molecule has 4 heteroatoms. The predicted octanol–water partition coefficient (Wildman–Crippen LogP) is 4.24. The third kappa shape index (κ3) is 2.84. The van der Waals surface area contributed by atoms with Crippen LogP contribution in [0.4, 0.5) is 13.2 Å². The van der Waals surface area contributed by atoms with Gasteiger partial charge in [-0.2, -0.15) is 13.2 Å². The van der Waals surface area contributed by atoms with E-state index in [4.69, 9.17) is 0 Å². The van der Waals surface area contributed by atoms with Gasteiger partial charge in [0, 0.05) is 11.1 Å². The summed E-state index contributed by atoms with van der Waals surface area (Å²) >= 11 is 0. The summed E-state index contributed by atoms with van der Waals surface area (Å²) in [6.45, 7) is 1.65. The summed E-state index contributed by atoms with van der Waals surface area (Å²) in [5.74, 6) is -0.614. The molecular formula is C15H11F3O. The molecule has 2 aromatic carbocycles. The summed E-state index contributed by atoms with van der Waals surface area (Å²) in [5, 5.41) is 0. The van der Waals surface area contributed by atoms with Gasteiger partial charge in [-0.15, -0.1) is 0 Å². The average molecular weight is 264 g/mol. The highest BCUT2D eigenvalue weighted by Crippen LogP contribution is 2.33. The number of rotatable bonds is 2. The van der Waals surface area contributed by atoms with Gasteiger partial charge in [0.15, 0.2) is 5.78 Å². The minimum atomic E-state index is -4.53. The van der Waals surface area contributed by atoms with Crippen LogP contribution in [-0.4, -0.2) is 5.78 Å². The van der Waals surface area contributed by atoms with E-state index in [1.807, 2.05) is 0 Å². The maximum Gasteiger partial charge on any atom is 0.417 e. The molecule has 0 aliphatic carbocycles. The molecule has 0 spiro atoms. The van der Waals surface area contributed by atoms with E-state index in [-0.39, 0.29) is 11.1 Å². The van der Waals surface area contributed by atoms with Gasteiger partial charge < -0.3 is 0 Å². The fraction of sp³-hybridized carbons (Fsp3) is 0.133. The molecule has 0 aliphatic rings. The standard InChI is InChI=1S/C15H11F3O/c1-10-7-8-13(15(16,17)18)12(9-10)14(19)11-5-3-2-4-6-11/h2-9H,1H3. The first kappa shape index (κ1) is 13.3. The second-order valence-corrected chi connectivity index (χ2v) is 4.24. The van der Waals surface area contributed by atoms with Crippen LogP contribution >= 0.6 is 0 Å². The molecule has 0 atom stereocenters. The van der Waals surface area contributed by atoms with Crippen LogP contribution in [0, 0.1) is 6.92 Å². The topological polar surface area (TPSA) is 17.1 Å². The molecule has 0 bridgehead atoms. The highest BCUT2D eigenvalue weighted by molar-refractivity contribution is 6.10. The van der Waals surface area contributed by atoms with Gasteiger partial charge in [-0.1, -0.05) is 42.0 Å². The largest absolute Gasteiger partial charge is 0.417 e. The van der Waals surface area contributed by atoms with Crippen molar-refractivity contribution in [1.82, 2.24) is 0 Å². The van der Waals surface area contributed by atoms with Gasteiger partial charge in [-0.05, 0) is 19.1 Å². The number of carbonyl (C=O) groups is 1. The molecule has 2 aromatic rings. The molecular weight excluding hydrogens is 253 g/mol. The quantitative estimate of drug-likeness (QED) is 0.741. The van der Waals surface area contributed by atoms with Crippen molar-refractivity contribution in [3.63, 3.8) is 0 Å². The zero-order chi connectivity index (χ0) is 14.0. The van der Waals surface area contributed by atoms with Crippen molar-refractivity contribution >= 4 is 5.78 Å². The number of hydrogen-bond donors (Lipinski definition) is 0. The first-order valence-electron chi connectivity index (χ1n) is 5.67. The lowest BCUT2D eigenvalue weighted by Crippen LogP contribution is -2.14. The summed E-state index contributed by atoms with van der Waals surface area (Å²) in [7, 11) is 0. The van der Waals surface area contributed by atoms with Gasteiger partial charge in [0.2, 0.25) is 0 Å². The SMILES string of the molecule is Cc1ccc(C(F)(F)F)c(C(=O)c2ccccc2)c1. The van der Waals surface area contributed by atoms with Gasteiger partial charge in [0.25, 0.3) is 0 Å². The molecule has 0 radical (unpaired) electrons. The summed E-state index contributed by atoms with van der Waals surface area (Å²) in [5.41, 5.74) is -0.337. The number of ketones is 1. The zero-order valence-electron chi connectivity index (χ0n) is 10.2. The molecule has 0 saturated heterocycles. The molecule has 0 fully saturated rings. The Labute approximate surface area is 108 Å². The summed E-state index contributed by atoms with van der Waals surface area (Å²) in [6, 6.07) is 11.5.